The van der Waals surface area contributed by atoms with Gasteiger partial charge in [-0.15, -0.1) is 0 Å². The fraction of sp³-hybridized carbons (Fsp3) is 0.500. The van der Waals surface area contributed by atoms with Crippen LogP contribution >= 0.6 is 0 Å². The van der Waals surface area contributed by atoms with Gasteiger partial charge in [0.1, 0.15) is 12.4 Å². The Bertz CT molecular complexity index is 434. The lowest BCUT2D eigenvalue weighted by atomic mass is 10.1. The Kier molecular flexibility index (Phi) is 5.23. The fourth-order valence-corrected chi connectivity index (χ4v) is 1.52. The lowest BCUT2D eigenvalue weighted by Crippen LogP contribution is -2.41. The number of aliphatic carboxylic acids is 1. The zero-order valence-electron chi connectivity index (χ0n) is 10.5. The number of rotatable bonds is 6. The second-order valence-corrected chi connectivity index (χ2v) is 4.03. The molecule has 1 heterocycles. The summed E-state index contributed by atoms with van der Waals surface area (Å²) in [6.07, 6.45) is 4.78. The lowest BCUT2D eigenvalue weighted by Gasteiger charge is -2.14. The van der Waals surface area contributed by atoms with Crippen molar-refractivity contribution in [2.75, 3.05) is 0 Å². The van der Waals surface area contributed by atoms with E-state index in [1.807, 2.05) is 6.92 Å². The Morgan fingerprint density at radius 1 is 1.50 bits per heavy atom. The standard InChI is InChI=1S/C12H17N3O3/c1-3-4-5-10(12(17)18)15-11(16)9-6-13-7-14-8(9)2/h6-7,10H,3-5H2,1-2H3,(H,15,16)(H,17,18)/t10-/m0/s1. The summed E-state index contributed by atoms with van der Waals surface area (Å²) in [5, 5.41) is 11.5. The predicted octanol–water partition coefficient (Wildman–Crippen LogP) is 1.16. The number of nitrogens with zero attached hydrogens (tertiary/aromatic N) is 2. The van der Waals surface area contributed by atoms with E-state index in [9.17, 15) is 9.59 Å². The van der Waals surface area contributed by atoms with Gasteiger partial charge in [-0.1, -0.05) is 19.8 Å². The van der Waals surface area contributed by atoms with Gasteiger partial charge in [-0.25, -0.2) is 14.8 Å². The fourth-order valence-electron chi connectivity index (χ4n) is 1.52. The summed E-state index contributed by atoms with van der Waals surface area (Å²) in [6.45, 7) is 3.65. The van der Waals surface area contributed by atoms with Crippen LogP contribution in [0.15, 0.2) is 12.5 Å². The number of carboxylic acids is 1. The number of carbonyl (C=O) groups is 2. The molecule has 1 amide bonds. The van der Waals surface area contributed by atoms with Crippen LogP contribution in [0.5, 0.6) is 0 Å². The van der Waals surface area contributed by atoms with Gasteiger partial charge < -0.3 is 10.4 Å². The summed E-state index contributed by atoms with van der Waals surface area (Å²) in [4.78, 5) is 30.6. The van der Waals surface area contributed by atoms with E-state index in [-0.39, 0.29) is 0 Å². The monoisotopic (exact) mass is 251 g/mol. The van der Waals surface area contributed by atoms with E-state index in [0.717, 1.165) is 12.8 Å². The summed E-state index contributed by atoms with van der Waals surface area (Å²) >= 11 is 0. The molecule has 98 valence electrons. The number of amides is 1. The van der Waals surface area contributed by atoms with Crippen molar-refractivity contribution in [3.63, 3.8) is 0 Å². The number of carboxylic acid groups (broad SMARTS) is 1. The molecule has 0 spiro atoms. The number of hydrogen-bond acceptors (Lipinski definition) is 4. The van der Waals surface area contributed by atoms with Crippen LogP contribution in [0.1, 0.15) is 42.2 Å². The third-order valence-corrected chi connectivity index (χ3v) is 2.61. The molecule has 6 heteroatoms. The number of aryl methyl sites for hydroxylation is 1. The van der Waals surface area contributed by atoms with Crippen LogP contribution in [0.25, 0.3) is 0 Å². The highest BCUT2D eigenvalue weighted by Crippen LogP contribution is 2.05. The molecule has 1 aromatic rings. The first-order valence-corrected chi connectivity index (χ1v) is 5.86. The first-order valence-electron chi connectivity index (χ1n) is 5.86. The van der Waals surface area contributed by atoms with Crippen molar-refractivity contribution in [2.24, 2.45) is 0 Å². The van der Waals surface area contributed by atoms with Crippen LogP contribution in [0.4, 0.5) is 0 Å². The van der Waals surface area contributed by atoms with E-state index >= 15 is 0 Å². The molecule has 0 aromatic carbocycles. The average Bonchev–Trinajstić information content (AvgIpc) is 2.34. The molecule has 0 saturated carbocycles. The normalized spacial score (nSPS) is 11.9. The van der Waals surface area contributed by atoms with Crippen molar-refractivity contribution in [3.05, 3.63) is 23.8 Å². The molecule has 0 aliphatic carbocycles. The Labute approximate surface area is 105 Å². The predicted molar refractivity (Wildman–Crippen MR) is 65.2 cm³/mol. The average molecular weight is 251 g/mol. The third kappa shape index (κ3) is 3.80. The summed E-state index contributed by atoms with van der Waals surface area (Å²) < 4.78 is 0. The molecule has 1 rings (SSSR count). The van der Waals surface area contributed by atoms with Gasteiger partial charge in [0.25, 0.3) is 5.91 Å². The molecule has 0 bridgehead atoms. The van der Waals surface area contributed by atoms with Crippen molar-refractivity contribution in [3.8, 4) is 0 Å². The quantitative estimate of drug-likeness (QED) is 0.791. The van der Waals surface area contributed by atoms with Crippen LogP contribution in [0.3, 0.4) is 0 Å². The minimum Gasteiger partial charge on any atom is -0.480 e. The van der Waals surface area contributed by atoms with Gasteiger partial charge in [-0.2, -0.15) is 0 Å². The Hall–Kier alpha value is -1.98. The summed E-state index contributed by atoms with van der Waals surface area (Å²) in [6, 6.07) is -0.864. The van der Waals surface area contributed by atoms with Gasteiger partial charge in [0.2, 0.25) is 0 Å². The zero-order valence-corrected chi connectivity index (χ0v) is 10.5. The topological polar surface area (TPSA) is 92.2 Å². The molecule has 1 atom stereocenters. The molecule has 0 aliphatic heterocycles. The number of aromatic nitrogens is 2. The smallest absolute Gasteiger partial charge is 0.326 e. The second-order valence-electron chi connectivity index (χ2n) is 4.03. The van der Waals surface area contributed by atoms with Gasteiger partial charge >= 0.3 is 5.97 Å². The highest BCUT2D eigenvalue weighted by Gasteiger charge is 2.21. The van der Waals surface area contributed by atoms with Gasteiger partial charge in [-0.3, -0.25) is 4.79 Å². The first kappa shape index (κ1) is 14.1. The molecule has 0 aliphatic rings. The van der Waals surface area contributed by atoms with E-state index in [2.05, 4.69) is 15.3 Å². The summed E-state index contributed by atoms with van der Waals surface area (Å²) in [5.74, 6) is -1.47. The van der Waals surface area contributed by atoms with E-state index in [4.69, 9.17) is 5.11 Å². The molecular formula is C12H17N3O3. The van der Waals surface area contributed by atoms with Crippen molar-refractivity contribution in [2.45, 2.75) is 39.2 Å². The van der Waals surface area contributed by atoms with Crippen LogP contribution in [0.2, 0.25) is 0 Å². The van der Waals surface area contributed by atoms with Crippen LogP contribution in [-0.2, 0) is 4.79 Å². The molecule has 18 heavy (non-hydrogen) atoms. The maximum Gasteiger partial charge on any atom is 0.326 e. The van der Waals surface area contributed by atoms with Crippen LogP contribution in [-0.4, -0.2) is 33.0 Å². The van der Waals surface area contributed by atoms with Gasteiger partial charge in [-0.05, 0) is 13.3 Å². The molecule has 0 unspecified atom stereocenters. The van der Waals surface area contributed by atoms with Crippen molar-refractivity contribution >= 4 is 11.9 Å². The van der Waals surface area contributed by atoms with Gasteiger partial charge in [0.05, 0.1) is 11.3 Å². The van der Waals surface area contributed by atoms with E-state index in [1.165, 1.54) is 12.5 Å². The Morgan fingerprint density at radius 2 is 2.22 bits per heavy atom. The van der Waals surface area contributed by atoms with Gasteiger partial charge in [0.15, 0.2) is 0 Å². The summed E-state index contributed by atoms with van der Waals surface area (Å²) in [5.41, 5.74) is 0.836. The van der Waals surface area contributed by atoms with Crippen LogP contribution in [0, 0.1) is 6.92 Å². The van der Waals surface area contributed by atoms with E-state index < -0.39 is 17.9 Å². The Morgan fingerprint density at radius 3 is 2.78 bits per heavy atom. The van der Waals surface area contributed by atoms with Crippen molar-refractivity contribution in [1.82, 2.24) is 15.3 Å². The highest BCUT2D eigenvalue weighted by atomic mass is 16.4. The molecule has 2 N–H and O–H groups in total. The van der Waals surface area contributed by atoms with Gasteiger partial charge in [0, 0.05) is 6.20 Å². The number of unbranched alkanes of at least 4 members (excludes halogenated alkanes) is 1. The zero-order chi connectivity index (χ0) is 13.5. The molecule has 0 saturated heterocycles. The third-order valence-electron chi connectivity index (χ3n) is 2.61. The largest absolute Gasteiger partial charge is 0.480 e. The second kappa shape index (κ2) is 6.68. The number of nitrogens with one attached hydrogen (secondary N) is 1. The molecule has 0 fully saturated rings. The van der Waals surface area contributed by atoms with E-state index in [0.29, 0.717) is 17.7 Å². The highest BCUT2D eigenvalue weighted by molar-refractivity contribution is 5.97. The minimum atomic E-state index is -1.02. The van der Waals surface area contributed by atoms with Crippen molar-refractivity contribution in [1.29, 1.82) is 0 Å². The maximum absolute atomic E-state index is 11.9. The Balaban J connectivity index is 2.72. The molecule has 6 nitrogen and oxygen atoms in total. The minimum absolute atomic E-state index is 0.306. The molecule has 0 radical (unpaired) electrons. The number of carbonyl (C=O) groups excluding carboxylic acids is 1. The first-order chi connectivity index (χ1) is 8.56. The van der Waals surface area contributed by atoms with Crippen molar-refractivity contribution < 1.29 is 14.7 Å². The molecular weight excluding hydrogens is 234 g/mol. The summed E-state index contributed by atoms with van der Waals surface area (Å²) in [7, 11) is 0. The lowest BCUT2D eigenvalue weighted by molar-refractivity contribution is -0.139. The van der Waals surface area contributed by atoms with Crippen LogP contribution < -0.4 is 5.32 Å². The van der Waals surface area contributed by atoms with E-state index in [1.54, 1.807) is 6.92 Å². The SMILES string of the molecule is CCCC[C@H](NC(=O)c1cncnc1C)C(=O)O. The number of hydrogen-bond donors (Lipinski definition) is 2. The molecule has 1 aromatic heterocycles. The maximum atomic E-state index is 11.9.